The normalized spacial score (nSPS) is 12.6. The van der Waals surface area contributed by atoms with Crippen molar-refractivity contribution < 1.29 is 40.2 Å². The van der Waals surface area contributed by atoms with E-state index < -0.39 is 22.2 Å². The number of nitrogens with zero attached hydrogens (tertiary/aromatic N) is 6. The van der Waals surface area contributed by atoms with Crippen molar-refractivity contribution in [1.82, 2.24) is 25.3 Å². The zero-order valence-electron chi connectivity index (χ0n) is 29.2. The highest BCUT2D eigenvalue weighted by molar-refractivity contribution is 5.79. The standard InChI is InChI=1S/C12H14FN3O.C8H5FN2O3.C8H7FN2O.C8H6FNO/c1-8-15-10-7-11(9(13)6-12(10)17-8)16-4-2-14-3-5-16;1-4-10-6-3-7(11(12)13)5(9)2-8(6)14-4;1-4-11-7-3-6(10)5(9)2-8(7)12-4;1-5-10-7-3-2-6(9)4-8(7)11-5/h6-7,14H,2-5H2,1H3;2-3H,1H3;2-3H,10H2,1H3;2-4H,1H3. The van der Waals surface area contributed by atoms with E-state index in [4.69, 9.17) is 23.4 Å². The van der Waals surface area contributed by atoms with Gasteiger partial charge in [0.15, 0.2) is 45.9 Å². The smallest absolute Gasteiger partial charge is 0.307 e. The van der Waals surface area contributed by atoms with Gasteiger partial charge in [0.25, 0.3) is 0 Å². The molecule has 14 nitrogen and oxygen atoms in total. The van der Waals surface area contributed by atoms with Crippen LogP contribution in [0.2, 0.25) is 0 Å². The molecule has 0 radical (unpaired) electrons. The van der Waals surface area contributed by atoms with Crippen LogP contribution in [0.4, 0.5) is 34.6 Å². The van der Waals surface area contributed by atoms with Crippen LogP contribution in [0, 0.1) is 61.1 Å². The first kappa shape index (κ1) is 37.2. The van der Waals surface area contributed by atoms with Gasteiger partial charge in [0.05, 0.1) is 16.3 Å². The molecule has 0 atom stereocenters. The number of piperazine rings is 1. The number of rotatable bonds is 2. The minimum atomic E-state index is -0.918. The summed E-state index contributed by atoms with van der Waals surface area (Å²) in [6, 6.07) is 12.2. The Hall–Kier alpha value is -6.56. The number of hydrogen-bond donors (Lipinski definition) is 2. The van der Waals surface area contributed by atoms with E-state index in [2.05, 4.69) is 25.3 Å². The lowest BCUT2D eigenvalue weighted by molar-refractivity contribution is -0.387. The molecule has 0 bridgehead atoms. The summed E-state index contributed by atoms with van der Waals surface area (Å²) >= 11 is 0. The average Bonchev–Trinajstić information content (AvgIpc) is 3.87. The molecule has 0 aliphatic carbocycles. The number of nitro benzene ring substituents is 1. The number of nitrogen functional groups attached to an aromatic ring is 1. The van der Waals surface area contributed by atoms with E-state index in [1.807, 2.05) is 4.90 Å². The lowest BCUT2D eigenvalue weighted by atomic mass is 10.2. The van der Waals surface area contributed by atoms with Crippen LogP contribution in [0.3, 0.4) is 0 Å². The number of hydrogen-bond acceptors (Lipinski definition) is 13. The Morgan fingerprint density at radius 3 is 1.67 bits per heavy atom. The maximum atomic E-state index is 14.0. The number of nitrogens with two attached hydrogens (primary N) is 1. The van der Waals surface area contributed by atoms with Crippen molar-refractivity contribution in [3.8, 4) is 0 Å². The van der Waals surface area contributed by atoms with Gasteiger partial charge in [-0.05, 0) is 24.3 Å². The second-order valence-electron chi connectivity index (χ2n) is 11.9. The molecule has 4 aromatic heterocycles. The topological polar surface area (TPSA) is 189 Å². The first-order valence-corrected chi connectivity index (χ1v) is 16.3. The van der Waals surface area contributed by atoms with Gasteiger partial charge in [0.1, 0.15) is 39.5 Å². The Morgan fingerprint density at radius 2 is 1.11 bits per heavy atom. The summed E-state index contributed by atoms with van der Waals surface area (Å²) in [7, 11) is 0. The van der Waals surface area contributed by atoms with Crippen molar-refractivity contribution in [1.29, 1.82) is 0 Å². The molecular weight excluding hydrogens is 716 g/mol. The van der Waals surface area contributed by atoms with Crippen molar-refractivity contribution in [2.45, 2.75) is 27.7 Å². The molecule has 0 amide bonds. The van der Waals surface area contributed by atoms with Crippen molar-refractivity contribution in [3.05, 3.63) is 112 Å². The highest BCUT2D eigenvalue weighted by atomic mass is 19.1. The van der Waals surface area contributed by atoms with E-state index >= 15 is 0 Å². The van der Waals surface area contributed by atoms with Gasteiger partial charge in [-0.3, -0.25) is 10.1 Å². The molecule has 280 valence electrons. The molecule has 5 heterocycles. The fourth-order valence-corrected chi connectivity index (χ4v) is 5.49. The Morgan fingerprint density at radius 1 is 0.648 bits per heavy atom. The van der Waals surface area contributed by atoms with Crippen LogP contribution < -0.4 is 16.0 Å². The molecule has 1 saturated heterocycles. The molecule has 3 N–H and O–H groups in total. The van der Waals surface area contributed by atoms with Crippen molar-refractivity contribution in [3.63, 3.8) is 0 Å². The molecule has 0 saturated carbocycles. The Bertz CT molecular complexity index is 2570. The largest absolute Gasteiger partial charge is 0.441 e. The van der Waals surface area contributed by atoms with E-state index in [1.165, 1.54) is 30.3 Å². The van der Waals surface area contributed by atoms with Crippen LogP contribution in [0.5, 0.6) is 0 Å². The van der Waals surface area contributed by atoms with Gasteiger partial charge in [-0.25, -0.2) is 33.1 Å². The molecule has 1 aliphatic heterocycles. The molecule has 0 unspecified atom stereocenters. The number of nitro groups is 1. The quantitative estimate of drug-likeness (QED) is 0.0749. The first-order valence-electron chi connectivity index (χ1n) is 16.3. The molecule has 18 heteroatoms. The Labute approximate surface area is 302 Å². The van der Waals surface area contributed by atoms with Crippen LogP contribution >= 0.6 is 0 Å². The van der Waals surface area contributed by atoms with Gasteiger partial charge >= 0.3 is 5.69 Å². The minimum absolute atomic E-state index is 0.0933. The van der Waals surface area contributed by atoms with Crippen LogP contribution in [-0.2, 0) is 0 Å². The molecule has 1 fully saturated rings. The Balaban J connectivity index is 0.000000124. The summed E-state index contributed by atoms with van der Waals surface area (Å²) in [5, 5.41) is 13.6. The number of aryl methyl sites for hydroxylation is 4. The van der Waals surface area contributed by atoms with Crippen LogP contribution in [0.15, 0.2) is 72.3 Å². The molecule has 54 heavy (non-hydrogen) atoms. The van der Waals surface area contributed by atoms with Crippen molar-refractivity contribution in [2.24, 2.45) is 0 Å². The van der Waals surface area contributed by atoms with Crippen molar-refractivity contribution >= 4 is 61.5 Å². The molecule has 4 aromatic carbocycles. The predicted molar refractivity (Wildman–Crippen MR) is 191 cm³/mol. The lowest BCUT2D eigenvalue weighted by Crippen LogP contribution is -2.43. The summed E-state index contributed by atoms with van der Waals surface area (Å²) in [6.45, 7) is 10.2. The molecule has 1 aliphatic rings. The second-order valence-corrected chi connectivity index (χ2v) is 11.9. The summed E-state index contributed by atoms with van der Waals surface area (Å²) < 4.78 is 72.9. The van der Waals surface area contributed by atoms with E-state index in [9.17, 15) is 27.7 Å². The lowest BCUT2D eigenvalue weighted by Gasteiger charge is -2.29. The van der Waals surface area contributed by atoms with Gasteiger partial charge in [0, 0.05) is 84.2 Å². The average molecular weight is 749 g/mol. The fraction of sp³-hybridized carbons (Fsp3) is 0.222. The van der Waals surface area contributed by atoms with Gasteiger partial charge in [0.2, 0.25) is 5.82 Å². The maximum absolute atomic E-state index is 14.0. The fourth-order valence-electron chi connectivity index (χ4n) is 5.49. The summed E-state index contributed by atoms with van der Waals surface area (Å²) in [5.74, 6) is 0.0545. The molecule has 0 spiro atoms. The van der Waals surface area contributed by atoms with Gasteiger partial charge in [-0.1, -0.05) is 0 Å². The first-order chi connectivity index (χ1) is 25.7. The number of anilines is 2. The number of benzene rings is 4. The molecule has 9 rings (SSSR count). The highest BCUT2D eigenvalue weighted by Gasteiger charge is 2.18. The summed E-state index contributed by atoms with van der Waals surface area (Å²) in [5.41, 5.74) is 9.41. The third-order valence-corrected chi connectivity index (χ3v) is 7.85. The molecule has 8 aromatic rings. The third-order valence-electron chi connectivity index (χ3n) is 7.85. The summed E-state index contributed by atoms with van der Waals surface area (Å²) in [6.07, 6.45) is 0. The Kier molecular flexibility index (Phi) is 10.7. The van der Waals surface area contributed by atoms with Gasteiger partial charge < -0.3 is 33.6 Å². The zero-order chi connectivity index (χ0) is 38.7. The van der Waals surface area contributed by atoms with E-state index in [0.717, 1.165) is 43.8 Å². The van der Waals surface area contributed by atoms with E-state index in [0.29, 0.717) is 57.0 Å². The highest BCUT2D eigenvalue weighted by Crippen LogP contribution is 2.27. The number of nitrogens with one attached hydrogen (secondary N) is 1. The zero-order valence-corrected chi connectivity index (χ0v) is 29.2. The minimum Gasteiger partial charge on any atom is -0.441 e. The monoisotopic (exact) mass is 748 g/mol. The number of fused-ring (bicyclic) bond motifs is 4. The predicted octanol–water partition coefficient (Wildman–Crippen LogP) is 8.00. The number of oxazole rings is 4. The van der Waals surface area contributed by atoms with E-state index in [1.54, 1.807) is 39.8 Å². The van der Waals surface area contributed by atoms with Crippen LogP contribution in [0.25, 0.3) is 44.4 Å². The van der Waals surface area contributed by atoms with Crippen LogP contribution in [0.1, 0.15) is 23.6 Å². The third kappa shape index (κ3) is 8.55. The van der Waals surface area contributed by atoms with E-state index in [-0.39, 0.29) is 28.4 Å². The number of aromatic nitrogens is 4. The van der Waals surface area contributed by atoms with Crippen LogP contribution in [-0.4, -0.2) is 51.0 Å². The second kappa shape index (κ2) is 15.6. The van der Waals surface area contributed by atoms with Crippen molar-refractivity contribution in [2.75, 3.05) is 36.8 Å². The number of halogens is 4. The maximum Gasteiger partial charge on any atom is 0.307 e. The molecular formula is C36H32F4N8O6. The van der Waals surface area contributed by atoms with Gasteiger partial charge in [-0.2, -0.15) is 4.39 Å². The summed E-state index contributed by atoms with van der Waals surface area (Å²) in [4.78, 5) is 27.7. The SMILES string of the molecule is Cc1nc2cc(N)c(F)cc2o1.Cc1nc2cc(N3CCNCC3)c(F)cc2o1.Cc1nc2cc([N+](=O)[O-])c(F)cc2o1.Cc1nc2ccc(F)cc2o1. The van der Waals surface area contributed by atoms with Gasteiger partial charge in [-0.15, -0.1) is 0 Å².